The number of allylic oxidation sites excluding steroid dienone is 1. The van der Waals surface area contributed by atoms with Crippen LogP contribution in [0.15, 0.2) is 29.8 Å². The van der Waals surface area contributed by atoms with Crippen molar-refractivity contribution in [1.82, 2.24) is 10.2 Å². The molecule has 1 aliphatic carbocycles. The first kappa shape index (κ1) is 17.7. The number of rotatable bonds is 6. The second-order valence-corrected chi connectivity index (χ2v) is 7.95. The number of nitrogens with zero attached hydrogens (tertiary/aromatic N) is 1. The van der Waals surface area contributed by atoms with Gasteiger partial charge in [0.05, 0.1) is 12.5 Å². The van der Waals surface area contributed by atoms with Gasteiger partial charge in [0.25, 0.3) is 0 Å². The predicted octanol–water partition coefficient (Wildman–Crippen LogP) is 3.55. The van der Waals surface area contributed by atoms with E-state index in [1.54, 1.807) is 5.57 Å². The van der Waals surface area contributed by atoms with E-state index >= 15 is 0 Å². The number of carbonyl (C=O) groups excluding carboxylic acids is 1. The summed E-state index contributed by atoms with van der Waals surface area (Å²) < 4.78 is 5.30. The number of ether oxygens (including phenoxy) is 1. The zero-order chi connectivity index (χ0) is 17.8. The largest absolute Gasteiger partial charge is 0.381 e. The fourth-order valence-corrected chi connectivity index (χ4v) is 4.29. The first-order chi connectivity index (χ1) is 12.8. The number of hydrogen-bond acceptors (Lipinski definition) is 3. The summed E-state index contributed by atoms with van der Waals surface area (Å²) >= 11 is 0. The molecular weight excluding hydrogens is 324 g/mol. The van der Waals surface area contributed by atoms with Crippen molar-refractivity contribution in [3.05, 3.63) is 46.5 Å². The quantitative estimate of drug-likeness (QED) is 0.795. The first-order valence-corrected chi connectivity index (χ1v) is 10.1. The third-order valence-corrected chi connectivity index (χ3v) is 5.96. The molecule has 3 aliphatic rings. The topological polar surface area (TPSA) is 41.6 Å². The van der Waals surface area contributed by atoms with Gasteiger partial charge in [-0.15, -0.1) is 0 Å². The highest BCUT2D eigenvalue weighted by molar-refractivity contribution is 5.78. The van der Waals surface area contributed by atoms with Crippen molar-refractivity contribution in [2.75, 3.05) is 19.8 Å². The highest BCUT2D eigenvalue weighted by Crippen LogP contribution is 2.26. The minimum absolute atomic E-state index is 0.0361. The second-order valence-electron chi connectivity index (χ2n) is 7.95. The van der Waals surface area contributed by atoms with Gasteiger partial charge >= 0.3 is 0 Å². The van der Waals surface area contributed by atoms with Gasteiger partial charge in [0, 0.05) is 32.8 Å². The number of hydrogen-bond donors (Lipinski definition) is 1. The highest BCUT2D eigenvalue weighted by atomic mass is 16.5. The van der Waals surface area contributed by atoms with Gasteiger partial charge < -0.3 is 10.1 Å². The van der Waals surface area contributed by atoms with Gasteiger partial charge in [0.2, 0.25) is 5.91 Å². The minimum Gasteiger partial charge on any atom is -0.381 e. The summed E-state index contributed by atoms with van der Waals surface area (Å²) in [7, 11) is 0. The monoisotopic (exact) mass is 354 g/mol. The summed E-state index contributed by atoms with van der Waals surface area (Å²) in [5.41, 5.74) is 5.74. The number of nitrogens with one attached hydrogen (secondary N) is 1. The van der Waals surface area contributed by atoms with Gasteiger partial charge in [0.15, 0.2) is 0 Å². The van der Waals surface area contributed by atoms with Crippen LogP contribution in [-0.4, -0.2) is 30.6 Å². The van der Waals surface area contributed by atoms with Gasteiger partial charge in [-0.25, -0.2) is 0 Å². The van der Waals surface area contributed by atoms with Crippen LogP contribution in [0.4, 0.5) is 0 Å². The molecule has 4 nitrogen and oxygen atoms in total. The molecule has 1 saturated heterocycles. The Bertz CT molecular complexity index is 677. The summed E-state index contributed by atoms with van der Waals surface area (Å²) in [6, 6.07) is 6.69. The third kappa shape index (κ3) is 4.36. The van der Waals surface area contributed by atoms with Gasteiger partial charge in [-0.3, -0.25) is 9.69 Å². The molecule has 0 bridgehead atoms. The van der Waals surface area contributed by atoms with Crippen LogP contribution in [0.5, 0.6) is 0 Å². The van der Waals surface area contributed by atoms with E-state index < -0.39 is 0 Å². The molecule has 140 valence electrons. The average molecular weight is 354 g/mol. The molecule has 1 fully saturated rings. The molecule has 1 aromatic carbocycles. The van der Waals surface area contributed by atoms with E-state index in [0.717, 1.165) is 26.1 Å². The van der Waals surface area contributed by atoms with Crippen molar-refractivity contribution in [2.45, 2.75) is 58.2 Å². The molecule has 1 unspecified atom stereocenters. The lowest BCUT2D eigenvalue weighted by Crippen LogP contribution is -2.30. The van der Waals surface area contributed by atoms with Crippen LogP contribution >= 0.6 is 0 Å². The molecule has 0 aromatic heterocycles. The molecule has 1 atom stereocenters. The Labute approximate surface area is 156 Å². The molecule has 0 saturated carbocycles. The molecule has 0 radical (unpaired) electrons. The Kier molecular flexibility index (Phi) is 5.71. The maximum atomic E-state index is 12.1. The van der Waals surface area contributed by atoms with E-state index in [2.05, 4.69) is 34.5 Å². The lowest BCUT2D eigenvalue weighted by Gasteiger charge is -2.18. The normalized spacial score (nSPS) is 22.9. The molecule has 4 heteroatoms. The highest BCUT2D eigenvalue weighted by Gasteiger charge is 2.23. The van der Waals surface area contributed by atoms with E-state index in [1.165, 1.54) is 48.8 Å². The Hall–Kier alpha value is -1.65. The van der Waals surface area contributed by atoms with Crippen molar-refractivity contribution in [3.8, 4) is 0 Å². The van der Waals surface area contributed by atoms with Crippen molar-refractivity contribution >= 4 is 5.91 Å². The summed E-state index contributed by atoms with van der Waals surface area (Å²) in [5, 5.41) is 3.07. The van der Waals surface area contributed by atoms with E-state index in [-0.39, 0.29) is 11.8 Å². The molecule has 26 heavy (non-hydrogen) atoms. The zero-order valence-corrected chi connectivity index (χ0v) is 15.6. The van der Waals surface area contributed by atoms with E-state index in [1.807, 2.05) is 0 Å². The molecule has 2 heterocycles. The van der Waals surface area contributed by atoms with Crippen molar-refractivity contribution < 1.29 is 9.53 Å². The van der Waals surface area contributed by atoms with E-state index in [9.17, 15) is 4.79 Å². The SMILES string of the molecule is O=C(NCc1ccc2c(c1)CN(CCC1=CCCCC1)C2)C1CCOC1. The van der Waals surface area contributed by atoms with Crippen LogP contribution in [0.25, 0.3) is 0 Å². The number of carbonyl (C=O) groups is 1. The standard InChI is InChI=1S/C22H30N2O2/c25-22(20-9-11-26-16-20)23-13-18-6-7-19-14-24(15-21(19)12-18)10-8-17-4-2-1-3-5-17/h4,6-7,12,20H,1-3,5,8-11,13-16H2,(H,23,25). The Morgan fingerprint density at radius 2 is 2.15 bits per heavy atom. The molecule has 4 rings (SSSR count). The first-order valence-electron chi connectivity index (χ1n) is 10.1. The predicted molar refractivity (Wildman–Crippen MR) is 102 cm³/mol. The van der Waals surface area contributed by atoms with Gasteiger partial charge in [-0.05, 0) is 55.2 Å². The van der Waals surface area contributed by atoms with E-state index in [4.69, 9.17) is 4.74 Å². The van der Waals surface area contributed by atoms with Crippen molar-refractivity contribution in [3.63, 3.8) is 0 Å². The Balaban J connectivity index is 1.27. The van der Waals surface area contributed by atoms with Crippen LogP contribution in [0.2, 0.25) is 0 Å². The van der Waals surface area contributed by atoms with Crippen LogP contribution in [0, 0.1) is 5.92 Å². The molecule has 0 spiro atoms. The van der Waals surface area contributed by atoms with Crippen molar-refractivity contribution in [2.24, 2.45) is 5.92 Å². The van der Waals surface area contributed by atoms with Gasteiger partial charge in [0.1, 0.15) is 0 Å². The van der Waals surface area contributed by atoms with Crippen LogP contribution in [0.3, 0.4) is 0 Å². The maximum Gasteiger partial charge on any atom is 0.225 e. The fraction of sp³-hybridized carbons (Fsp3) is 0.591. The number of fused-ring (bicyclic) bond motifs is 1. The molecule has 1 N–H and O–H groups in total. The van der Waals surface area contributed by atoms with Crippen LogP contribution in [-0.2, 0) is 29.2 Å². The average Bonchev–Trinajstić information content (AvgIpc) is 3.34. The summed E-state index contributed by atoms with van der Waals surface area (Å²) in [6.07, 6.45) is 9.85. The Morgan fingerprint density at radius 1 is 1.23 bits per heavy atom. The van der Waals surface area contributed by atoms with Crippen molar-refractivity contribution in [1.29, 1.82) is 0 Å². The molecular formula is C22H30N2O2. The van der Waals surface area contributed by atoms with Gasteiger partial charge in [-0.1, -0.05) is 29.8 Å². The molecule has 2 aliphatic heterocycles. The summed E-state index contributed by atoms with van der Waals surface area (Å²) in [5.74, 6) is 0.166. The van der Waals surface area contributed by atoms with Crippen LogP contribution < -0.4 is 5.32 Å². The summed E-state index contributed by atoms with van der Waals surface area (Å²) in [4.78, 5) is 14.7. The lowest BCUT2D eigenvalue weighted by atomic mass is 9.97. The van der Waals surface area contributed by atoms with Gasteiger partial charge in [-0.2, -0.15) is 0 Å². The fourth-order valence-electron chi connectivity index (χ4n) is 4.29. The second kappa shape index (κ2) is 8.36. The molecule has 1 aromatic rings. The smallest absolute Gasteiger partial charge is 0.225 e. The maximum absolute atomic E-state index is 12.1. The zero-order valence-electron chi connectivity index (χ0n) is 15.6. The lowest BCUT2D eigenvalue weighted by molar-refractivity contribution is -0.125. The van der Waals surface area contributed by atoms with E-state index in [0.29, 0.717) is 19.8 Å². The molecule has 1 amide bonds. The third-order valence-electron chi connectivity index (χ3n) is 5.96. The Morgan fingerprint density at radius 3 is 2.96 bits per heavy atom. The minimum atomic E-state index is 0.0361. The number of amides is 1. The summed E-state index contributed by atoms with van der Waals surface area (Å²) in [6.45, 7) is 5.17. The number of benzene rings is 1. The van der Waals surface area contributed by atoms with Crippen LogP contribution in [0.1, 0.15) is 55.2 Å².